The summed E-state index contributed by atoms with van der Waals surface area (Å²) in [4.78, 5) is 21.4. The van der Waals surface area contributed by atoms with Gasteiger partial charge in [0, 0.05) is 0 Å². The molecule has 0 radical (unpaired) electrons. The Morgan fingerprint density at radius 1 is 0.345 bits per heavy atom. The second kappa shape index (κ2) is 16.9. The Morgan fingerprint density at radius 2 is 0.552 bits per heavy atom. The fourth-order valence-corrected chi connectivity index (χ4v) is 7.30. The van der Waals surface area contributed by atoms with E-state index in [1.807, 2.05) is 97.1 Å². The van der Waals surface area contributed by atoms with Crippen LogP contribution in [0, 0.1) is 0 Å². The number of fused-ring (bicyclic) bond motifs is 8. The van der Waals surface area contributed by atoms with Gasteiger partial charge in [-0.3, -0.25) is 0 Å². The van der Waals surface area contributed by atoms with Gasteiger partial charge in [-0.15, -0.1) is 22.1 Å². The van der Waals surface area contributed by atoms with Crippen molar-refractivity contribution in [1.29, 1.82) is 0 Å². The van der Waals surface area contributed by atoms with Crippen molar-refractivity contribution in [2.45, 2.75) is 0 Å². The summed E-state index contributed by atoms with van der Waals surface area (Å²) in [6.45, 7) is 0. The first-order valence-electron chi connectivity index (χ1n) is 18.3. The number of rotatable bonds is 8. The number of aromatic nitrogens is 4. The maximum atomic E-state index is 5.52. The van der Waals surface area contributed by atoms with E-state index in [0.29, 0.717) is 0 Å². The zero-order valence-corrected chi connectivity index (χ0v) is 33.8. The first-order chi connectivity index (χ1) is 28.5. The third-order valence-corrected chi connectivity index (χ3v) is 10.1. The molecule has 8 bridgehead atoms. The monoisotopic (exact) mass is 826 g/mol. The van der Waals surface area contributed by atoms with E-state index in [1.165, 1.54) is 0 Å². The Kier molecular flexibility index (Phi) is 11.2. The average molecular weight is 827 g/mol. The van der Waals surface area contributed by atoms with E-state index in [9.17, 15) is 0 Å². The van der Waals surface area contributed by atoms with Crippen LogP contribution < -0.4 is 28.9 Å². The van der Waals surface area contributed by atoms with Crippen molar-refractivity contribution in [2.24, 2.45) is 0 Å². The first kappa shape index (κ1) is 38.4. The predicted molar refractivity (Wildman–Crippen MR) is 231 cm³/mol. The van der Waals surface area contributed by atoms with E-state index in [0.717, 1.165) is 112 Å². The van der Waals surface area contributed by atoms with Crippen molar-refractivity contribution in [2.75, 3.05) is 28.4 Å². The van der Waals surface area contributed by atoms with Crippen LogP contribution in [0.3, 0.4) is 0 Å². The molecule has 58 heavy (non-hydrogen) atoms. The number of benzene rings is 4. The van der Waals surface area contributed by atoms with Crippen LogP contribution in [-0.4, -0.2) is 38.4 Å². The van der Waals surface area contributed by atoms with Crippen molar-refractivity contribution in [3.8, 4) is 67.5 Å². The van der Waals surface area contributed by atoms with Gasteiger partial charge in [-0.2, -0.15) is 0 Å². The fourth-order valence-electron chi connectivity index (χ4n) is 7.30. The number of hydrogen-bond donors (Lipinski definition) is 0. The molecule has 5 heterocycles. The summed E-state index contributed by atoms with van der Waals surface area (Å²) >= 11 is 3.03. The number of halogens is 1. The molecule has 0 saturated heterocycles. The van der Waals surface area contributed by atoms with Crippen LogP contribution in [-0.2, 0) is 14.8 Å². The molecular formula is C48H36ClCoN4O4. The molecule has 8 nitrogen and oxygen atoms in total. The summed E-state index contributed by atoms with van der Waals surface area (Å²) < 4.78 is 22.1. The van der Waals surface area contributed by atoms with Gasteiger partial charge < -0.3 is 28.9 Å². The molecule has 0 saturated carbocycles. The van der Waals surface area contributed by atoms with Crippen molar-refractivity contribution in [3.05, 3.63) is 144 Å². The second-order valence-electron chi connectivity index (χ2n) is 13.3. The van der Waals surface area contributed by atoms with Crippen LogP contribution in [0.1, 0.15) is 22.8 Å². The zero-order valence-electron chi connectivity index (χ0n) is 32.0. The first-order valence-corrected chi connectivity index (χ1v) is 19.7. The standard InChI is InChI=1S/C48H36N4O4.ClH.Co/c1-53-33-13-5-29(6-14-33)45-37-21-23-39(49-37)46(30-7-15-34(54-2)16-8-30)41-25-27-43(51-41)48(32-11-19-36(56-4)20-12-32)44-28-26-42(52-44)47(40-24-22-38(45)50-40)31-9-17-35(55-3)18-10-31;;/h5-28H,1-4H3;1H;/q-2;;+3/p-1. The molecule has 0 fully saturated rings. The molecule has 4 aromatic carbocycles. The molecule has 0 amide bonds. The predicted octanol–water partition coefficient (Wildman–Crippen LogP) is 11.3. The Labute approximate surface area is 348 Å². The van der Waals surface area contributed by atoms with Gasteiger partial charge in [0.15, 0.2) is 0 Å². The van der Waals surface area contributed by atoms with Crippen LogP contribution in [0.2, 0.25) is 0 Å². The summed E-state index contributed by atoms with van der Waals surface area (Å²) in [5.74, 6) is 3.06. The maximum absolute atomic E-state index is 5.52. The molecular weight excluding hydrogens is 791 g/mol. The van der Waals surface area contributed by atoms with E-state index < -0.39 is 0 Å². The molecule has 0 unspecified atom stereocenters. The van der Waals surface area contributed by atoms with E-state index in [-0.39, 0.29) is 0 Å². The van der Waals surface area contributed by atoms with Gasteiger partial charge in [0.05, 0.1) is 51.2 Å². The van der Waals surface area contributed by atoms with Crippen LogP contribution in [0.15, 0.2) is 121 Å². The second-order valence-corrected chi connectivity index (χ2v) is 13.3. The van der Waals surface area contributed by atoms with E-state index in [1.54, 1.807) is 28.4 Å². The van der Waals surface area contributed by atoms with Gasteiger partial charge in [0.2, 0.25) is 0 Å². The molecule has 0 spiro atoms. The van der Waals surface area contributed by atoms with Gasteiger partial charge in [-0.05, 0) is 117 Å². The fraction of sp³-hybridized carbons (Fsp3) is 0.0833. The summed E-state index contributed by atoms with van der Waals surface area (Å²) in [7, 11) is 11.0. The Morgan fingerprint density at radius 3 is 0.741 bits per heavy atom. The van der Waals surface area contributed by atoms with Gasteiger partial charge in [0.1, 0.15) is 23.0 Å². The molecule has 3 aromatic heterocycles. The van der Waals surface area contributed by atoms with Gasteiger partial charge in [-0.25, -0.2) is 9.97 Å². The summed E-state index contributed by atoms with van der Waals surface area (Å²) in [6.07, 6.45) is 8.23. The van der Waals surface area contributed by atoms with E-state index in [4.69, 9.17) is 38.9 Å². The summed E-state index contributed by atoms with van der Waals surface area (Å²) in [5, 5.41) is 0. The Balaban J connectivity index is 0.00000231. The number of ether oxygens (including phenoxy) is 4. The van der Waals surface area contributed by atoms with Crippen molar-refractivity contribution in [3.63, 3.8) is 0 Å². The Bertz CT molecular complexity index is 2450. The molecule has 7 aromatic rings. The normalized spacial score (nSPS) is 11.5. The molecule has 10 heteroatoms. The van der Waals surface area contributed by atoms with Crippen molar-refractivity contribution >= 4 is 56.5 Å². The van der Waals surface area contributed by atoms with Crippen molar-refractivity contribution in [1.82, 2.24) is 19.9 Å². The Hall–Kier alpha value is -6.52. The minimum atomic E-state index is 0.766. The molecule has 0 atom stereocenters. The van der Waals surface area contributed by atoms with Crippen LogP contribution in [0.4, 0.5) is 0 Å². The number of hydrogen-bond acceptors (Lipinski definition) is 6. The molecule has 0 aliphatic carbocycles. The van der Waals surface area contributed by atoms with Crippen molar-refractivity contribution < 1.29 is 33.8 Å². The molecule has 2 aliphatic heterocycles. The SMILES string of the molecule is COc1ccc(-c2c3nc(c(-c4ccc(OC)cc4)c4ccc([n-]4)c(-c4ccc(OC)cc4)c4nc(c(-c5ccc(OC)cc5)c5ccc2[n-]5)C=C4)C=C3)cc1.[Cl][Co+2]. The van der Waals surface area contributed by atoms with E-state index in [2.05, 4.69) is 73.6 Å². The van der Waals surface area contributed by atoms with Crippen LogP contribution >= 0.6 is 10.1 Å². The molecule has 9 rings (SSSR count). The molecule has 2 aliphatic rings. The third-order valence-electron chi connectivity index (χ3n) is 10.1. The van der Waals surface area contributed by atoms with Gasteiger partial charge in [0.25, 0.3) is 0 Å². The number of methoxy groups -OCH3 is 4. The summed E-state index contributed by atoms with van der Waals surface area (Å²) in [5.41, 5.74) is 13.7. The number of nitrogens with zero attached hydrogens (tertiary/aromatic N) is 4. The zero-order chi connectivity index (χ0) is 40.2. The van der Waals surface area contributed by atoms with Crippen LogP contribution in [0.25, 0.3) is 90.9 Å². The van der Waals surface area contributed by atoms with Crippen LogP contribution in [0.5, 0.6) is 23.0 Å². The minimum absolute atomic E-state index is 0.766. The van der Waals surface area contributed by atoms with Gasteiger partial charge >= 0.3 is 25.0 Å². The average Bonchev–Trinajstić information content (AvgIpc) is 4.14. The quantitative estimate of drug-likeness (QED) is 0.150. The third kappa shape index (κ3) is 7.38. The molecule has 288 valence electrons. The molecule has 0 N–H and O–H groups in total. The topological polar surface area (TPSA) is 90.9 Å². The van der Waals surface area contributed by atoms with Gasteiger partial charge in [-0.1, -0.05) is 72.8 Å². The summed E-state index contributed by atoms with van der Waals surface area (Å²) in [6, 6.07) is 40.3. The van der Waals surface area contributed by atoms with E-state index >= 15 is 0 Å².